The average Bonchev–Trinajstić information content (AvgIpc) is 3.75. The summed E-state index contributed by atoms with van der Waals surface area (Å²) in [5.41, 5.74) is 11.7. The highest BCUT2D eigenvalue weighted by atomic mass is 16.4. The van der Waals surface area contributed by atoms with Gasteiger partial charge in [0.25, 0.3) is 0 Å². The zero-order chi connectivity index (χ0) is 29.6. The summed E-state index contributed by atoms with van der Waals surface area (Å²) >= 11 is 0. The molecule has 0 aliphatic rings. The van der Waals surface area contributed by atoms with Crippen LogP contribution in [-0.4, -0.2) is 21.1 Å². The molecule has 5 rings (SSSR count). The molecule has 0 spiro atoms. The molecule has 42 heavy (non-hydrogen) atoms. The normalized spacial score (nSPS) is 11.1. The Balaban J connectivity index is 0.000000197. The molecule has 0 bridgehead atoms. The molecule has 0 saturated carbocycles. The first-order valence-corrected chi connectivity index (χ1v) is 15.4. The van der Waals surface area contributed by atoms with Crippen LogP contribution in [0.5, 0.6) is 0 Å². The first kappa shape index (κ1) is 31.0. The van der Waals surface area contributed by atoms with Gasteiger partial charge in [-0.05, 0) is 86.2 Å². The summed E-state index contributed by atoms with van der Waals surface area (Å²) in [7, 11) is 0. The van der Waals surface area contributed by atoms with Gasteiger partial charge in [-0.25, -0.2) is 19.1 Å². The largest absolute Gasteiger partial charge is 0.437 e. The number of nitrogens with two attached hydrogens (primary N) is 1. The maximum Gasteiger partial charge on any atom is 0.243 e. The fourth-order valence-corrected chi connectivity index (χ4v) is 5.02. The zero-order valence-corrected chi connectivity index (χ0v) is 25.1. The molecule has 3 aromatic heterocycles. The molecule has 7 heteroatoms. The molecule has 0 unspecified atom stereocenters. The Hall–Kier alpha value is -3.97. The molecule has 2 aromatic carbocycles. The van der Waals surface area contributed by atoms with Gasteiger partial charge < -0.3 is 14.6 Å². The monoisotopic (exact) mass is 568 g/mol. The minimum atomic E-state index is 0.575. The number of unbranched alkanes of at least 4 members (excludes halogenated alkanes) is 5. The number of aryl methyl sites for hydroxylation is 4. The predicted molar refractivity (Wildman–Crippen MR) is 172 cm³/mol. The maximum absolute atomic E-state index is 5.54. The smallest absolute Gasteiger partial charge is 0.243 e. The highest BCUT2D eigenvalue weighted by molar-refractivity contribution is 5.75. The van der Waals surface area contributed by atoms with Gasteiger partial charge in [-0.2, -0.15) is 0 Å². The molecule has 2 N–H and O–H groups in total. The van der Waals surface area contributed by atoms with Gasteiger partial charge in [0.05, 0.1) is 13.1 Å². The highest BCUT2D eigenvalue weighted by Crippen LogP contribution is 2.20. The molecule has 0 saturated heterocycles. The van der Waals surface area contributed by atoms with Crippen LogP contribution in [0.3, 0.4) is 0 Å². The third-order valence-corrected chi connectivity index (χ3v) is 7.35. The Morgan fingerprint density at radius 2 is 1.40 bits per heavy atom. The van der Waals surface area contributed by atoms with E-state index < -0.39 is 0 Å². The van der Waals surface area contributed by atoms with Crippen molar-refractivity contribution in [2.75, 3.05) is 6.54 Å². The van der Waals surface area contributed by atoms with Crippen molar-refractivity contribution in [3.63, 3.8) is 0 Å². The lowest BCUT2D eigenvalue weighted by Crippen LogP contribution is -2.31. The van der Waals surface area contributed by atoms with Crippen LogP contribution in [0.2, 0.25) is 0 Å². The third kappa shape index (κ3) is 9.28. The summed E-state index contributed by atoms with van der Waals surface area (Å²) < 4.78 is 15.5. The molecule has 7 nitrogen and oxygen atoms in total. The van der Waals surface area contributed by atoms with Crippen LogP contribution in [0, 0.1) is 0 Å². The van der Waals surface area contributed by atoms with Gasteiger partial charge in [-0.1, -0.05) is 64.3 Å². The van der Waals surface area contributed by atoms with Gasteiger partial charge >= 0.3 is 0 Å². The van der Waals surface area contributed by atoms with E-state index in [1.807, 2.05) is 12.1 Å². The number of hydrogen-bond acceptors (Lipinski definition) is 5. The number of nitrogens with zero attached hydrogens (tertiary/aromatic N) is 4. The number of benzene rings is 2. The zero-order valence-electron chi connectivity index (χ0n) is 25.1. The van der Waals surface area contributed by atoms with Crippen LogP contribution >= 0.6 is 0 Å². The van der Waals surface area contributed by atoms with Crippen molar-refractivity contribution in [3.8, 4) is 0 Å². The number of imidazole rings is 1. The van der Waals surface area contributed by atoms with E-state index >= 15 is 0 Å². The summed E-state index contributed by atoms with van der Waals surface area (Å²) in [6.45, 7) is 12.3. The van der Waals surface area contributed by atoms with Gasteiger partial charge in [0.1, 0.15) is 23.4 Å². The second-order valence-corrected chi connectivity index (χ2v) is 10.8. The predicted octanol–water partition coefficient (Wildman–Crippen LogP) is 7.92. The summed E-state index contributed by atoms with van der Waals surface area (Å²) in [4.78, 5) is 8.76. The van der Waals surface area contributed by atoms with E-state index in [-0.39, 0.29) is 0 Å². The van der Waals surface area contributed by atoms with Crippen LogP contribution < -0.4 is 10.3 Å². The van der Waals surface area contributed by atoms with Crippen LogP contribution in [-0.2, 0) is 25.9 Å². The Morgan fingerprint density at radius 1 is 0.810 bits per heavy atom. The van der Waals surface area contributed by atoms with E-state index in [4.69, 9.17) is 14.6 Å². The lowest BCUT2D eigenvalue weighted by Gasteiger charge is -2.01. The quantitative estimate of drug-likeness (QED) is 0.0965. The van der Waals surface area contributed by atoms with Crippen LogP contribution in [0.25, 0.3) is 34.4 Å². The van der Waals surface area contributed by atoms with Crippen molar-refractivity contribution in [1.29, 1.82) is 0 Å². The fraction of sp³-hybridized carbons (Fsp3) is 0.400. The van der Waals surface area contributed by atoms with Crippen molar-refractivity contribution < 1.29 is 13.4 Å². The van der Waals surface area contributed by atoms with Crippen molar-refractivity contribution in [2.24, 2.45) is 5.73 Å². The van der Waals surface area contributed by atoms with E-state index in [1.54, 1.807) is 12.2 Å². The molecular formula is C35H46N5O2+. The number of rotatable bonds is 16. The van der Waals surface area contributed by atoms with E-state index in [0.29, 0.717) is 11.8 Å². The minimum absolute atomic E-state index is 0.575. The Labute approximate surface area is 249 Å². The fourth-order valence-electron chi connectivity index (χ4n) is 5.02. The van der Waals surface area contributed by atoms with Crippen LogP contribution in [0.1, 0.15) is 81.2 Å². The van der Waals surface area contributed by atoms with E-state index in [2.05, 4.69) is 82.2 Å². The summed E-state index contributed by atoms with van der Waals surface area (Å²) in [6, 6.07) is 12.5. The highest BCUT2D eigenvalue weighted by Gasteiger charge is 2.07. The van der Waals surface area contributed by atoms with E-state index in [1.165, 1.54) is 49.7 Å². The first-order chi connectivity index (χ1) is 20.6. The lowest BCUT2D eigenvalue weighted by atomic mass is 10.0. The number of oxazole rings is 2. The number of aromatic nitrogens is 4. The van der Waals surface area contributed by atoms with Crippen LogP contribution in [0.4, 0.5) is 0 Å². The average molecular weight is 569 g/mol. The molecule has 0 radical (unpaired) electrons. The van der Waals surface area contributed by atoms with Gasteiger partial charge in [0.2, 0.25) is 18.1 Å². The summed E-state index contributed by atoms with van der Waals surface area (Å²) in [5.74, 6) is 1.18. The Kier molecular flexibility index (Phi) is 12.1. The van der Waals surface area contributed by atoms with Crippen molar-refractivity contribution in [3.05, 3.63) is 91.2 Å². The lowest BCUT2D eigenvalue weighted by molar-refractivity contribution is -0.696. The topological polar surface area (TPSA) is 86.9 Å². The second-order valence-electron chi connectivity index (χ2n) is 10.8. The first-order valence-electron chi connectivity index (χ1n) is 15.4. The molecule has 0 fully saturated rings. The SMILES string of the molecule is C=Cc1nc2cc(CCCCCCCC)ccc2o1.C=Cc1nc2cc(CCC[n+]3ccn(CCCN)c3)ccc2o1. The molecule has 0 amide bonds. The van der Waals surface area contributed by atoms with E-state index in [9.17, 15) is 0 Å². The molecule has 222 valence electrons. The third-order valence-electron chi connectivity index (χ3n) is 7.35. The molecule has 0 aliphatic carbocycles. The molecular weight excluding hydrogens is 522 g/mol. The van der Waals surface area contributed by atoms with Gasteiger partial charge in [-0.15, -0.1) is 0 Å². The van der Waals surface area contributed by atoms with Crippen molar-refractivity contribution >= 4 is 34.4 Å². The van der Waals surface area contributed by atoms with E-state index in [0.717, 1.165) is 67.5 Å². The summed E-state index contributed by atoms with van der Waals surface area (Å²) in [5, 5.41) is 0. The Bertz CT molecular complexity index is 1540. The molecule has 5 aromatic rings. The number of hydrogen-bond donors (Lipinski definition) is 1. The van der Waals surface area contributed by atoms with Gasteiger partial charge in [0, 0.05) is 0 Å². The standard InChI is InChI=1S/C18H23N4O.C17H23NO/c1-2-18-20-16-13-15(6-7-17(16)23-18)5-3-9-21-11-12-22(14-21)10-4-8-19;1-3-5-6-7-8-9-10-14-11-12-16-15(13-14)18-17(4-2)19-16/h2,6-7,11-14H,1,3-5,8-10,19H2;4,11-13H,2-3,5-10H2,1H3/q+1;. The van der Waals surface area contributed by atoms with Crippen LogP contribution in [0.15, 0.2) is 77.1 Å². The summed E-state index contributed by atoms with van der Waals surface area (Å²) in [6.07, 6.45) is 21.9. The molecule has 0 aliphatic heterocycles. The maximum atomic E-state index is 5.54. The van der Waals surface area contributed by atoms with Crippen molar-refractivity contribution in [1.82, 2.24) is 14.5 Å². The molecule has 3 heterocycles. The number of fused-ring (bicyclic) bond motifs is 2. The van der Waals surface area contributed by atoms with Gasteiger partial charge in [-0.3, -0.25) is 0 Å². The Morgan fingerprint density at radius 3 is 2.00 bits per heavy atom. The van der Waals surface area contributed by atoms with Gasteiger partial charge in [0.15, 0.2) is 11.2 Å². The minimum Gasteiger partial charge on any atom is -0.437 e. The van der Waals surface area contributed by atoms with Crippen molar-refractivity contribution in [2.45, 2.75) is 84.2 Å². The second kappa shape index (κ2) is 16.5. The molecule has 0 atom stereocenters.